The minimum absolute atomic E-state index is 0.175. The molecule has 0 bridgehead atoms. The van der Waals surface area contributed by atoms with Crippen molar-refractivity contribution in [2.24, 2.45) is 0 Å². The van der Waals surface area contributed by atoms with Gasteiger partial charge in [-0.15, -0.1) is 0 Å². The molecule has 0 spiro atoms. The summed E-state index contributed by atoms with van der Waals surface area (Å²) < 4.78 is 5.73. The molecule has 1 fully saturated rings. The third kappa shape index (κ3) is 2.08. The summed E-state index contributed by atoms with van der Waals surface area (Å²) in [6.07, 6.45) is 0.175. The lowest BCUT2D eigenvalue weighted by Gasteiger charge is -2.26. The fraction of sp³-hybridized carbons (Fsp3) is 0.500. The van der Waals surface area contributed by atoms with Crippen LogP contribution in [0.15, 0.2) is 30.3 Å². The van der Waals surface area contributed by atoms with Gasteiger partial charge < -0.3 is 9.47 Å². The molecule has 0 aromatic heterocycles. The summed E-state index contributed by atoms with van der Waals surface area (Å²) in [6.45, 7) is 6.58. The molecular weight excluding hydrogens is 185 g/mol. The van der Waals surface area contributed by atoms with Crippen molar-refractivity contribution in [3.8, 4) is 0 Å². The Morgan fingerprint density at radius 2 is 1.93 bits per heavy atom. The molecule has 2 rings (SSSR count). The van der Waals surface area contributed by atoms with Crippen molar-refractivity contribution >= 4 is 7.62 Å². The lowest BCUT2D eigenvalue weighted by atomic mass is 10.0. The van der Waals surface area contributed by atoms with Gasteiger partial charge in [-0.2, -0.15) is 0 Å². The zero-order valence-corrected chi connectivity index (χ0v) is 9.55. The van der Waals surface area contributed by atoms with E-state index in [-0.39, 0.29) is 6.10 Å². The van der Waals surface area contributed by atoms with Crippen LogP contribution in [0, 0.1) is 0 Å². The molecule has 1 heterocycles. The third-order valence-electron chi connectivity index (χ3n) is 2.96. The molecule has 3 heteroatoms. The van der Waals surface area contributed by atoms with E-state index in [1.807, 2.05) is 13.7 Å². The van der Waals surface area contributed by atoms with Crippen molar-refractivity contribution in [1.82, 2.24) is 4.81 Å². The minimum Gasteiger partial charge on any atom is -0.415 e. The van der Waals surface area contributed by atoms with Gasteiger partial charge in [-0.05, 0) is 18.5 Å². The van der Waals surface area contributed by atoms with E-state index in [1.165, 1.54) is 5.56 Å². The monoisotopic (exact) mass is 202 g/mol. The number of rotatable bonds is 2. The van der Waals surface area contributed by atoms with Gasteiger partial charge in [0.25, 0.3) is 0 Å². The Bertz CT molecular complexity index is 315. The summed E-state index contributed by atoms with van der Waals surface area (Å²) in [5.41, 5.74) is 1.25. The standard InChI is InChI=1S/C12H17BNO/c1-9(2)14-10(3)12(15-13-14)11-7-5-4-6-8-11/h4-10,12H,1-3H3/t10-,12+/m0/s1. The van der Waals surface area contributed by atoms with Gasteiger partial charge in [0.15, 0.2) is 0 Å². The zero-order valence-electron chi connectivity index (χ0n) is 9.55. The van der Waals surface area contributed by atoms with Crippen LogP contribution < -0.4 is 0 Å². The second-order valence-corrected chi connectivity index (χ2v) is 4.35. The van der Waals surface area contributed by atoms with E-state index >= 15 is 0 Å². The molecule has 79 valence electrons. The van der Waals surface area contributed by atoms with Gasteiger partial charge in [0.1, 0.15) is 0 Å². The molecule has 0 unspecified atom stereocenters. The van der Waals surface area contributed by atoms with Gasteiger partial charge in [-0.1, -0.05) is 44.2 Å². The molecule has 1 aliphatic heterocycles. The van der Waals surface area contributed by atoms with Crippen molar-refractivity contribution in [2.75, 3.05) is 0 Å². The van der Waals surface area contributed by atoms with E-state index in [1.54, 1.807) is 0 Å². The first-order chi connectivity index (χ1) is 7.20. The largest absolute Gasteiger partial charge is 0.415 e. The summed E-state index contributed by atoms with van der Waals surface area (Å²) in [4.78, 5) is 2.26. The van der Waals surface area contributed by atoms with Crippen LogP contribution >= 0.6 is 0 Å². The van der Waals surface area contributed by atoms with Crippen molar-refractivity contribution in [2.45, 2.75) is 39.0 Å². The number of hydrogen-bond acceptors (Lipinski definition) is 2. The molecule has 2 nitrogen and oxygen atoms in total. The van der Waals surface area contributed by atoms with E-state index in [9.17, 15) is 0 Å². The molecule has 1 aliphatic rings. The van der Waals surface area contributed by atoms with Gasteiger partial charge in [-0.3, -0.25) is 0 Å². The number of hydrogen-bond donors (Lipinski definition) is 0. The summed E-state index contributed by atoms with van der Waals surface area (Å²) >= 11 is 0. The molecule has 1 saturated heterocycles. The van der Waals surface area contributed by atoms with E-state index in [4.69, 9.17) is 4.65 Å². The smallest absolute Gasteiger partial charge is 0.399 e. The third-order valence-corrected chi connectivity index (χ3v) is 2.96. The SMILES string of the molecule is CC(C)N1[B]O[C@@H](c2ccccc2)[C@@H]1C. The predicted octanol–water partition coefficient (Wildman–Crippen LogP) is 2.39. The molecule has 0 N–H and O–H groups in total. The fourth-order valence-electron chi connectivity index (χ4n) is 2.09. The molecule has 0 saturated carbocycles. The van der Waals surface area contributed by atoms with Crippen molar-refractivity contribution < 1.29 is 4.65 Å². The second-order valence-electron chi connectivity index (χ2n) is 4.35. The second kappa shape index (κ2) is 4.37. The minimum atomic E-state index is 0.175. The summed E-state index contributed by atoms with van der Waals surface area (Å²) in [5.74, 6) is 0. The number of benzene rings is 1. The van der Waals surface area contributed by atoms with E-state index in [0.29, 0.717) is 12.1 Å². The van der Waals surface area contributed by atoms with Crippen LogP contribution in [0.3, 0.4) is 0 Å². The van der Waals surface area contributed by atoms with E-state index in [2.05, 4.69) is 49.8 Å². The Morgan fingerprint density at radius 3 is 2.47 bits per heavy atom. The maximum absolute atomic E-state index is 5.73. The molecule has 1 aromatic carbocycles. The van der Waals surface area contributed by atoms with E-state index < -0.39 is 0 Å². The lowest BCUT2D eigenvalue weighted by molar-refractivity contribution is 0.198. The van der Waals surface area contributed by atoms with Crippen LogP contribution in [0.25, 0.3) is 0 Å². The van der Waals surface area contributed by atoms with Crippen molar-refractivity contribution in [3.63, 3.8) is 0 Å². The topological polar surface area (TPSA) is 12.5 Å². The molecule has 0 amide bonds. The van der Waals surface area contributed by atoms with Crippen LogP contribution in [0.5, 0.6) is 0 Å². The highest BCUT2D eigenvalue weighted by atomic mass is 16.5. The van der Waals surface area contributed by atoms with Gasteiger partial charge in [-0.25, -0.2) is 0 Å². The Labute approximate surface area is 92.5 Å². The molecule has 1 aromatic rings. The van der Waals surface area contributed by atoms with Crippen LogP contribution in [0.1, 0.15) is 32.4 Å². The highest BCUT2D eigenvalue weighted by Crippen LogP contribution is 2.30. The highest BCUT2D eigenvalue weighted by molar-refractivity contribution is 6.24. The van der Waals surface area contributed by atoms with Gasteiger partial charge in [0.05, 0.1) is 6.10 Å². The maximum atomic E-state index is 5.73. The van der Waals surface area contributed by atoms with Crippen LogP contribution in [0.4, 0.5) is 0 Å². The fourth-order valence-corrected chi connectivity index (χ4v) is 2.09. The van der Waals surface area contributed by atoms with Crippen LogP contribution in [-0.4, -0.2) is 24.5 Å². The zero-order chi connectivity index (χ0) is 10.8. The Morgan fingerprint density at radius 1 is 1.27 bits per heavy atom. The molecule has 2 atom stereocenters. The first kappa shape index (κ1) is 10.7. The van der Waals surface area contributed by atoms with Gasteiger partial charge in [0, 0.05) is 6.04 Å². The molecule has 1 radical (unpaired) electrons. The van der Waals surface area contributed by atoms with Crippen molar-refractivity contribution in [1.29, 1.82) is 0 Å². The highest BCUT2D eigenvalue weighted by Gasteiger charge is 2.35. The normalized spacial score (nSPS) is 26.9. The molecular formula is C12H17BNO. The average molecular weight is 202 g/mol. The number of nitrogens with zero attached hydrogens (tertiary/aromatic N) is 1. The summed E-state index contributed by atoms with van der Waals surface area (Å²) in [6, 6.07) is 11.3. The first-order valence-electron chi connectivity index (χ1n) is 5.51. The Kier molecular flexibility index (Phi) is 3.12. The first-order valence-corrected chi connectivity index (χ1v) is 5.51. The quantitative estimate of drug-likeness (QED) is 0.682. The van der Waals surface area contributed by atoms with Gasteiger partial charge in [0.2, 0.25) is 0 Å². The molecule has 0 aliphatic carbocycles. The molecule has 15 heavy (non-hydrogen) atoms. The van der Waals surface area contributed by atoms with Gasteiger partial charge >= 0.3 is 7.62 Å². The maximum Gasteiger partial charge on any atom is 0.399 e. The summed E-state index contributed by atoms with van der Waals surface area (Å²) in [7, 11) is 1.87. The average Bonchev–Trinajstić information content (AvgIpc) is 2.61. The predicted molar refractivity (Wildman–Crippen MR) is 62.5 cm³/mol. The van der Waals surface area contributed by atoms with Crippen LogP contribution in [-0.2, 0) is 4.65 Å². The Balaban J connectivity index is 2.14. The Hall–Kier alpha value is -0.795. The van der Waals surface area contributed by atoms with E-state index in [0.717, 1.165) is 0 Å². The van der Waals surface area contributed by atoms with Crippen LogP contribution in [0.2, 0.25) is 0 Å². The lowest BCUT2D eigenvalue weighted by Crippen LogP contribution is -2.36. The summed E-state index contributed by atoms with van der Waals surface area (Å²) in [5, 5.41) is 0. The van der Waals surface area contributed by atoms with Crippen molar-refractivity contribution in [3.05, 3.63) is 35.9 Å².